The summed E-state index contributed by atoms with van der Waals surface area (Å²) in [6.45, 7) is 4.54. The van der Waals surface area contributed by atoms with E-state index in [9.17, 15) is 10.1 Å². The molecule has 0 unspecified atom stereocenters. The van der Waals surface area contributed by atoms with E-state index in [1.165, 1.54) is 13.2 Å². The van der Waals surface area contributed by atoms with Gasteiger partial charge < -0.3 is 14.8 Å². The molecule has 0 aliphatic heterocycles. The van der Waals surface area contributed by atoms with Gasteiger partial charge in [-0.05, 0) is 18.6 Å². The third-order valence-electron chi connectivity index (χ3n) is 2.40. The van der Waals surface area contributed by atoms with E-state index < -0.39 is 4.92 Å². The van der Waals surface area contributed by atoms with Crippen LogP contribution in [0.1, 0.15) is 12.5 Å². The Balaban J connectivity index is 2.56. The summed E-state index contributed by atoms with van der Waals surface area (Å²) in [4.78, 5) is 10.4. The van der Waals surface area contributed by atoms with Gasteiger partial charge in [-0.1, -0.05) is 6.07 Å². The van der Waals surface area contributed by atoms with E-state index in [0.717, 1.165) is 5.56 Å². The molecule has 0 radical (unpaired) electrons. The Morgan fingerprint density at radius 3 is 2.83 bits per heavy atom. The lowest BCUT2D eigenvalue weighted by Crippen LogP contribution is -2.19. The molecule has 0 aliphatic carbocycles. The van der Waals surface area contributed by atoms with Crippen molar-refractivity contribution in [3.63, 3.8) is 0 Å². The Bertz CT molecular complexity index is 396. The summed E-state index contributed by atoms with van der Waals surface area (Å²) in [7, 11) is 1.42. The molecule has 1 aromatic rings. The summed E-state index contributed by atoms with van der Waals surface area (Å²) >= 11 is 0. The zero-order valence-electron chi connectivity index (χ0n) is 10.6. The van der Waals surface area contributed by atoms with Crippen LogP contribution >= 0.6 is 0 Å². The van der Waals surface area contributed by atoms with Crippen molar-refractivity contribution in [3.8, 4) is 5.75 Å². The number of benzene rings is 1. The monoisotopic (exact) mass is 254 g/mol. The zero-order valence-corrected chi connectivity index (χ0v) is 10.6. The molecule has 0 bridgehead atoms. The van der Waals surface area contributed by atoms with Gasteiger partial charge in [-0.3, -0.25) is 10.1 Å². The average Bonchev–Trinajstić information content (AvgIpc) is 2.38. The molecule has 1 N–H and O–H groups in total. The van der Waals surface area contributed by atoms with Gasteiger partial charge in [-0.25, -0.2) is 0 Å². The van der Waals surface area contributed by atoms with E-state index in [1.807, 2.05) is 6.92 Å². The Morgan fingerprint density at radius 1 is 1.44 bits per heavy atom. The van der Waals surface area contributed by atoms with E-state index in [0.29, 0.717) is 26.3 Å². The van der Waals surface area contributed by atoms with Gasteiger partial charge in [0.1, 0.15) is 0 Å². The van der Waals surface area contributed by atoms with Gasteiger partial charge in [0.25, 0.3) is 0 Å². The molecule has 0 fully saturated rings. The Morgan fingerprint density at radius 2 is 2.22 bits per heavy atom. The van der Waals surface area contributed by atoms with Crippen LogP contribution in [0.3, 0.4) is 0 Å². The van der Waals surface area contributed by atoms with E-state index in [1.54, 1.807) is 12.1 Å². The van der Waals surface area contributed by atoms with Gasteiger partial charge in [0.15, 0.2) is 5.75 Å². The molecule has 0 heterocycles. The second kappa shape index (κ2) is 7.62. The topological polar surface area (TPSA) is 73.6 Å². The lowest BCUT2D eigenvalue weighted by atomic mass is 10.2. The van der Waals surface area contributed by atoms with Crippen molar-refractivity contribution in [2.75, 3.05) is 26.9 Å². The molecule has 0 atom stereocenters. The summed E-state index contributed by atoms with van der Waals surface area (Å²) < 4.78 is 10.1. The van der Waals surface area contributed by atoms with E-state index in [-0.39, 0.29) is 11.4 Å². The zero-order chi connectivity index (χ0) is 13.4. The predicted molar refractivity (Wildman–Crippen MR) is 67.8 cm³/mol. The first-order valence-corrected chi connectivity index (χ1v) is 5.78. The van der Waals surface area contributed by atoms with Crippen LogP contribution in [0.5, 0.6) is 5.75 Å². The summed E-state index contributed by atoms with van der Waals surface area (Å²) in [6.07, 6.45) is 0. The largest absolute Gasteiger partial charge is 0.490 e. The highest BCUT2D eigenvalue weighted by Gasteiger charge is 2.14. The second-order valence-electron chi connectivity index (χ2n) is 3.64. The maximum absolute atomic E-state index is 10.8. The van der Waals surface area contributed by atoms with Gasteiger partial charge in [-0.15, -0.1) is 0 Å². The summed E-state index contributed by atoms with van der Waals surface area (Å²) in [5, 5.41) is 14.0. The number of nitrogens with zero attached hydrogens (tertiary/aromatic N) is 1. The van der Waals surface area contributed by atoms with Crippen molar-refractivity contribution in [2.45, 2.75) is 13.5 Å². The van der Waals surface area contributed by atoms with Crippen LogP contribution in [0.15, 0.2) is 18.2 Å². The summed E-state index contributed by atoms with van der Waals surface area (Å²) in [6, 6.07) is 4.93. The van der Waals surface area contributed by atoms with Crippen LogP contribution < -0.4 is 10.1 Å². The summed E-state index contributed by atoms with van der Waals surface area (Å²) in [5.74, 6) is 0.276. The van der Waals surface area contributed by atoms with Gasteiger partial charge in [0.05, 0.1) is 18.6 Å². The summed E-state index contributed by atoms with van der Waals surface area (Å²) in [5.41, 5.74) is 0.834. The standard InChI is InChI=1S/C12H18N2O4/c1-3-18-7-6-13-9-10-4-5-12(17-2)11(8-10)14(15)16/h4-5,8,13H,3,6-7,9H2,1-2H3. The number of nitrogens with one attached hydrogen (secondary N) is 1. The van der Waals surface area contributed by atoms with Crippen LogP contribution in [0.25, 0.3) is 0 Å². The molecule has 1 aromatic carbocycles. The van der Waals surface area contributed by atoms with Crippen molar-refractivity contribution < 1.29 is 14.4 Å². The number of ether oxygens (including phenoxy) is 2. The fourth-order valence-corrected chi connectivity index (χ4v) is 1.51. The first-order valence-electron chi connectivity index (χ1n) is 5.78. The fourth-order valence-electron chi connectivity index (χ4n) is 1.51. The minimum atomic E-state index is -0.442. The van der Waals surface area contributed by atoms with Gasteiger partial charge >= 0.3 is 5.69 Å². The highest BCUT2D eigenvalue weighted by Crippen LogP contribution is 2.27. The molecule has 6 heteroatoms. The number of rotatable bonds is 8. The molecule has 1 rings (SSSR count). The molecule has 100 valence electrons. The Kier molecular flexibility index (Phi) is 6.10. The average molecular weight is 254 g/mol. The van der Waals surface area contributed by atoms with Gasteiger partial charge in [0.2, 0.25) is 0 Å². The molecule has 18 heavy (non-hydrogen) atoms. The Labute approximate surface area is 106 Å². The van der Waals surface area contributed by atoms with Gasteiger partial charge in [0, 0.05) is 25.8 Å². The molecule has 6 nitrogen and oxygen atoms in total. The molecule has 0 amide bonds. The predicted octanol–water partition coefficient (Wildman–Crippen LogP) is 1.73. The quantitative estimate of drug-likeness (QED) is 0.434. The van der Waals surface area contributed by atoms with E-state index in [4.69, 9.17) is 9.47 Å². The number of methoxy groups -OCH3 is 1. The SMILES string of the molecule is CCOCCNCc1ccc(OC)c([N+](=O)[O-])c1. The van der Waals surface area contributed by atoms with Crippen molar-refractivity contribution >= 4 is 5.69 Å². The van der Waals surface area contributed by atoms with E-state index in [2.05, 4.69) is 5.32 Å². The first-order chi connectivity index (χ1) is 8.69. The van der Waals surface area contributed by atoms with Crippen LogP contribution in [-0.2, 0) is 11.3 Å². The normalized spacial score (nSPS) is 10.3. The number of hydrogen-bond donors (Lipinski definition) is 1. The van der Waals surface area contributed by atoms with Crippen LogP contribution in [0, 0.1) is 10.1 Å². The third-order valence-corrected chi connectivity index (χ3v) is 2.40. The highest BCUT2D eigenvalue weighted by molar-refractivity contribution is 5.48. The molecule has 0 aliphatic rings. The highest BCUT2D eigenvalue weighted by atomic mass is 16.6. The Hall–Kier alpha value is -1.66. The lowest BCUT2D eigenvalue weighted by Gasteiger charge is -2.06. The van der Waals surface area contributed by atoms with Crippen molar-refractivity contribution in [1.82, 2.24) is 5.32 Å². The van der Waals surface area contributed by atoms with Crippen LogP contribution in [-0.4, -0.2) is 31.8 Å². The van der Waals surface area contributed by atoms with Crippen LogP contribution in [0.2, 0.25) is 0 Å². The first kappa shape index (κ1) is 14.4. The number of nitro benzene ring substituents is 1. The minimum absolute atomic E-state index is 0.0124. The minimum Gasteiger partial charge on any atom is -0.490 e. The molecule has 0 aromatic heterocycles. The van der Waals surface area contributed by atoms with Crippen molar-refractivity contribution in [2.24, 2.45) is 0 Å². The molecular weight excluding hydrogens is 236 g/mol. The van der Waals surface area contributed by atoms with Crippen molar-refractivity contribution in [3.05, 3.63) is 33.9 Å². The second-order valence-corrected chi connectivity index (χ2v) is 3.64. The number of hydrogen-bond acceptors (Lipinski definition) is 5. The van der Waals surface area contributed by atoms with Crippen molar-refractivity contribution in [1.29, 1.82) is 0 Å². The van der Waals surface area contributed by atoms with E-state index >= 15 is 0 Å². The smallest absolute Gasteiger partial charge is 0.311 e. The molecule has 0 saturated carbocycles. The third kappa shape index (κ3) is 4.31. The maximum Gasteiger partial charge on any atom is 0.311 e. The molecule has 0 spiro atoms. The van der Waals surface area contributed by atoms with Gasteiger partial charge in [-0.2, -0.15) is 0 Å². The van der Waals surface area contributed by atoms with Crippen LogP contribution in [0.4, 0.5) is 5.69 Å². The fraction of sp³-hybridized carbons (Fsp3) is 0.500. The molecule has 0 saturated heterocycles. The number of nitro groups is 1. The lowest BCUT2D eigenvalue weighted by molar-refractivity contribution is -0.385. The molecular formula is C12H18N2O4. The maximum atomic E-state index is 10.8.